The van der Waals surface area contributed by atoms with E-state index in [9.17, 15) is 4.79 Å². The lowest BCUT2D eigenvalue weighted by atomic mass is 10.4. The van der Waals surface area contributed by atoms with Crippen molar-refractivity contribution in [3.8, 4) is 0 Å². The van der Waals surface area contributed by atoms with Gasteiger partial charge in [-0.25, -0.2) is 9.79 Å². The molecule has 0 saturated heterocycles. The van der Waals surface area contributed by atoms with Crippen LogP contribution in [0.2, 0.25) is 0 Å². The first-order valence-corrected chi connectivity index (χ1v) is 4.40. The molecule has 0 N–H and O–H groups in total. The summed E-state index contributed by atoms with van der Waals surface area (Å²) in [5.74, 6) is 0.0628. The van der Waals surface area contributed by atoms with E-state index in [0.717, 1.165) is 13.1 Å². The third-order valence-corrected chi connectivity index (χ3v) is 1.84. The van der Waals surface area contributed by atoms with Crippen molar-refractivity contribution in [2.24, 2.45) is 4.99 Å². The Kier molecular flexibility index (Phi) is 3.06. The van der Waals surface area contributed by atoms with E-state index in [1.165, 1.54) is 0 Å². The molecule has 1 rings (SSSR count). The van der Waals surface area contributed by atoms with Crippen LogP contribution >= 0.6 is 0 Å². The standard InChI is InChI=1S/C9H14N2O2/c1-4-11(5-2)6-8-9(12)13-7(3)10-8/h6H,4-5H2,1-3H3/b8-6+. The molecule has 0 aromatic rings. The first kappa shape index (κ1) is 9.77. The molecule has 0 spiro atoms. The molecule has 4 heteroatoms. The molecule has 13 heavy (non-hydrogen) atoms. The minimum atomic E-state index is -0.357. The molecular formula is C9H14N2O2. The minimum absolute atomic E-state index is 0.357. The highest BCUT2D eigenvalue weighted by Crippen LogP contribution is 2.11. The summed E-state index contributed by atoms with van der Waals surface area (Å²) < 4.78 is 4.78. The largest absolute Gasteiger partial charge is 0.407 e. The summed E-state index contributed by atoms with van der Waals surface area (Å²) in [5.41, 5.74) is 0.390. The maximum atomic E-state index is 11.1. The second-order valence-electron chi connectivity index (χ2n) is 2.76. The fourth-order valence-corrected chi connectivity index (χ4v) is 1.09. The van der Waals surface area contributed by atoms with E-state index in [1.807, 2.05) is 18.7 Å². The van der Waals surface area contributed by atoms with Crippen LogP contribution in [-0.2, 0) is 9.53 Å². The number of carbonyl (C=O) groups excluding carboxylic acids is 1. The summed E-state index contributed by atoms with van der Waals surface area (Å²) in [4.78, 5) is 17.1. The maximum absolute atomic E-state index is 11.1. The molecular weight excluding hydrogens is 168 g/mol. The van der Waals surface area contributed by atoms with Gasteiger partial charge in [-0.1, -0.05) is 0 Å². The van der Waals surface area contributed by atoms with Gasteiger partial charge < -0.3 is 9.64 Å². The Balaban J connectivity index is 2.75. The van der Waals surface area contributed by atoms with Gasteiger partial charge in [-0.05, 0) is 13.8 Å². The third-order valence-electron chi connectivity index (χ3n) is 1.84. The lowest BCUT2D eigenvalue weighted by Gasteiger charge is -2.14. The van der Waals surface area contributed by atoms with Gasteiger partial charge in [-0.15, -0.1) is 0 Å². The van der Waals surface area contributed by atoms with Crippen molar-refractivity contribution in [1.82, 2.24) is 4.90 Å². The van der Waals surface area contributed by atoms with Crippen molar-refractivity contribution < 1.29 is 9.53 Å². The molecule has 72 valence electrons. The van der Waals surface area contributed by atoms with Gasteiger partial charge in [0.1, 0.15) is 0 Å². The highest BCUT2D eigenvalue weighted by atomic mass is 16.6. The van der Waals surface area contributed by atoms with E-state index in [-0.39, 0.29) is 5.97 Å². The molecule has 0 radical (unpaired) electrons. The summed E-state index contributed by atoms with van der Waals surface area (Å²) >= 11 is 0. The molecule has 0 unspecified atom stereocenters. The molecule has 1 aliphatic heterocycles. The predicted octanol–water partition coefficient (Wildman–Crippen LogP) is 1.14. The van der Waals surface area contributed by atoms with E-state index >= 15 is 0 Å². The molecule has 1 aliphatic rings. The monoisotopic (exact) mass is 182 g/mol. The Bertz CT molecular complexity index is 265. The van der Waals surface area contributed by atoms with Crippen LogP contribution in [0.25, 0.3) is 0 Å². The van der Waals surface area contributed by atoms with Crippen LogP contribution in [0.15, 0.2) is 16.9 Å². The van der Waals surface area contributed by atoms with Crippen molar-refractivity contribution in [2.45, 2.75) is 20.8 Å². The Hall–Kier alpha value is -1.32. The number of esters is 1. The fraction of sp³-hybridized carbons (Fsp3) is 0.556. The lowest BCUT2D eigenvalue weighted by Crippen LogP contribution is -2.17. The Morgan fingerprint density at radius 2 is 2.08 bits per heavy atom. The number of aliphatic imine (C=N–C) groups is 1. The molecule has 0 bridgehead atoms. The van der Waals surface area contributed by atoms with Crippen molar-refractivity contribution in [3.63, 3.8) is 0 Å². The molecule has 0 atom stereocenters. The smallest absolute Gasteiger partial charge is 0.365 e. The van der Waals surface area contributed by atoms with Gasteiger partial charge in [0.25, 0.3) is 0 Å². The van der Waals surface area contributed by atoms with Gasteiger partial charge in [0.2, 0.25) is 0 Å². The van der Waals surface area contributed by atoms with Gasteiger partial charge in [-0.3, -0.25) is 0 Å². The third kappa shape index (κ3) is 2.31. The number of rotatable bonds is 3. The van der Waals surface area contributed by atoms with E-state index in [2.05, 4.69) is 4.99 Å². The fourth-order valence-electron chi connectivity index (χ4n) is 1.09. The van der Waals surface area contributed by atoms with Gasteiger partial charge in [0.15, 0.2) is 11.6 Å². The molecule has 4 nitrogen and oxygen atoms in total. The SMILES string of the molecule is CCN(/C=C1/N=C(C)OC1=O)CC. The van der Waals surface area contributed by atoms with Gasteiger partial charge in [0.05, 0.1) is 0 Å². The minimum Gasteiger partial charge on any atom is -0.407 e. The molecule has 1 heterocycles. The van der Waals surface area contributed by atoms with Crippen LogP contribution in [0.1, 0.15) is 20.8 Å². The molecule has 0 amide bonds. The average Bonchev–Trinajstić information content (AvgIpc) is 2.41. The van der Waals surface area contributed by atoms with Crippen molar-refractivity contribution in [3.05, 3.63) is 11.9 Å². The van der Waals surface area contributed by atoms with E-state index < -0.39 is 0 Å². The van der Waals surface area contributed by atoms with E-state index in [4.69, 9.17) is 4.74 Å². The normalized spacial score (nSPS) is 18.8. The van der Waals surface area contributed by atoms with Crippen LogP contribution in [-0.4, -0.2) is 29.9 Å². The number of ether oxygens (including phenoxy) is 1. The van der Waals surface area contributed by atoms with Crippen molar-refractivity contribution in [1.29, 1.82) is 0 Å². The average molecular weight is 182 g/mol. The Morgan fingerprint density at radius 3 is 2.46 bits per heavy atom. The first-order valence-electron chi connectivity index (χ1n) is 4.40. The van der Waals surface area contributed by atoms with Crippen LogP contribution in [0.5, 0.6) is 0 Å². The summed E-state index contributed by atoms with van der Waals surface area (Å²) in [6.07, 6.45) is 1.73. The quantitative estimate of drug-likeness (QED) is 0.485. The van der Waals surface area contributed by atoms with Crippen molar-refractivity contribution in [2.75, 3.05) is 13.1 Å². The van der Waals surface area contributed by atoms with Gasteiger partial charge in [-0.2, -0.15) is 0 Å². The number of hydrogen-bond acceptors (Lipinski definition) is 4. The second kappa shape index (κ2) is 4.07. The topological polar surface area (TPSA) is 41.9 Å². The highest BCUT2D eigenvalue weighted by molar-refractivity contribution is 6.03. The zero-order valence-corrected chi connectivity index (χ0v) is 8.20. The van der Waals surface area contributed by atoms with Gasteiger partial charge >= 0.3 is 5.97 Å². The molecule has 0 fully saturated rings. The second-order valence-corrected chi connectivity index (χ2v) is 2.76. The van der Waals surface area contributed by atoms with E-state index in [1.54, 1.807) is 13.1 Å². The molecule has 0 aromatic carbocycles. The first-order chi connectivity index (χ1) is 6.17. The number of nitrogens with zero attached hydrogens (tertiary/aromatic N) is 2. The zero-order chi connectivity index (χ0) is 9.84. The van der Waals surface area contributed by atoms with Crippen LogP contribution in [0.3, 0.4) is 0 Å². The molecule has 0 aromatic heterocycles. The lowest BCUT2D eigenvalue weighted by molar-refractivity contribution is -0.130. The maximum Gasteiger partial charge on any atom is 0.365 e. The van der Waals surface area contributed by atoms with Crippen LogP contribution < -0.4 is 0 Å². The predicted molar refractivity (Wildman–Crippen MR) is 50.2 cm³/mol. The van der Waals surface area contributed by atoms with Crippen LogP contribution in [0.4, 0.5) is 0 Å². The Labute approximate surface area is 77.9 Å². The number of carbonyl (C=O) groups is 1. The molecule has 0 aliphatic carbocycles. The number of cyclic esters (lactones) is 1. The van der Waals surface area contributed by atoms with E-state index in [0.29, 0.717) is 11.6 Å². The zero-order valence-electron chi connectivity index (χ0n) is 8.20. The van der Waals surface area contributed by atoms with Gasteiger partial charge in [0, 0.05) is 26.2 Å². The number of hydrogen-bond donors (Lipinski definition) is 0. The summed E-state index contributed by atoms with van der Waals surface area (Å²) in [5, 5.41) is 0. The van der Waals surface area contributed by atoms with Crippen molar-refractivity contribution >= 4 is 11.9 Å². The summed E-state index contributed by atoms with van der Waals surface area (Å²) in [6.45, 7) is 7.44. The summed E-state index contributed by atoms with van der Waals surface area (Å²) in [7, 11) is 0. The molecule has 0 saturated carbocycles. The Morgan fingerprint density at radius 1 is 1.46 bits per heavy atom. The van der Waals surface area contributed by atoms with Crippen LogP contribution in [0, 0.1) is 0 Å². The summed E-state index contributed by atoms with van der Waals surface area (Å²) in [6, 6.07) is 0. The highest BCUT2D eigenvalue weighted by Gasteiger charge is 2.20.